The van der Waals surface area contributed by atoms with E-state index in [1.54, 1.807) is 23.5 Å². The van der Waals surface area contributed by atoms with Crippen LogP contribution < -0.4 is 10.1 Å². The summed E-state index contributed by atoms with van der Waals surface area (Å²) >= 11 is 1.68. The number of hydrogen-bond acceptors (Lipinski definition) is 4. The number of aryl methyl sites for hydroxylation is 1. The van der Waals surface area contributed by atoms with Crippen LogP contribution in [-0.4, -0.2) is 17.5 Å². The third-order valence-corrected chi connectivity index (χ3v) is 6.62. The number of benzene rings is 4. The minimum atomic E-state index is -0.154. The van der Waals surface area contributed by atoms with Crippen molar-refractivity contribution in [3.8, 4) is 16.3 Å². The van der Waals surface area contributed by atoms with E-state index in [9.17, 15) is 4.79 Å². The number of carbonyl (C=O) groups is 1. The van der Waals surface area contributed by atoms with E-state index >= 15 is 0 Å². The fourth-order valence-corrected chi connectivity index (χ4v) is 4.76. The second-order valence-corrected chi connectivity index (χ2v) is 9.16. The minimum Gasteiger partial charge on any atom is -0.493 e. The standard InChI is InChI=1S/C29H24N2O2S/c1-20-7-16-26-27(19-20)34-29(31-26)23-8-12-24(13-9-23)30-28(32)22-10-14-25(15-11-22)33-18-17-21-5-3-2-4-6-21/h2-16,19H,17-18H2,1H3,(H,30,32). The molecule has 0 radical (unpaired) electrons. The molecule has 5 heteroatoms. The maximum atomic E-state index is 12.7. The molecule has 0 aliphatic heterocycles. The number of amides is 1. The summed E-state index contributed by atoms with van der Waals surface area (Å²) in [5.74, 6) is 0.599. The van der Waals surface area contributed by atoms with Crippen LogP contribution in [0.1, 0.15) is 21.5 Å². The van der Waals surface area contributed by atoms with Gasteiger partial charge >= 0.3 is 0 Å². The van der Waals surface area contributed by atoms with Crippen molar-refractivity contribution in [2.45, 2.75) is 13.3 Å². The Morgan fingerprint density at radius 2 is 1.68 bits per heavy atom. The van der Waals surface area contributed by atoms with Gasteiger partial charge in [-0.15, -0.1) is 11.3 Å². The van der Waals surface area contributed by atoms with Gasteiger partial charge in [0.15, 0.2) is 0 Å². The molecule has 0 spiro atoms. The normalized spacial score (nSPS) is 10.9. The zero-order valence-corrected chi connectivity index (χ0v) is 19.6. The fourth-order valence-electron chi connectivity index (χ4n) is 3.69. The molecule has 1 aromatic heterocycles. The molecule has 0 aliphatic carbocycles. The molecule has 0 saturated carbocycles. The van der Waals surface area contributed by atoms with Crippen molar-refractivity contribution in [1.29, 1.82) is 0 Å². The molecular weight excluding hydrogens is 440 g/mol. The number of hydrogen-bond donors (Lipinski definition) is 1. The summed E-state index contributed by atoms with van der Waals surface area (Å²) in [6.07, 6.45) is 0.843. The van der Waals surface area contributed by atoms with Gasteiger partial charge in [-0.1, -0.05) is 36.4 Å². The molecule has 34 heavy (non-hydrogen) atoms. The van der Waals surface area contributed by atoms with Crippen LogP contribution in [0.5, 0.6) is 5.75 Å². The molecule has 0 atom stereocenters. The molecule has 5 aromatic rings. The van der Waals surface area contributed by atoms with E-state index in [2.05, 4.69) is 42.6 Å². The molecule has 0 bridgehead atoms. The monoisotopic (exact) mass is 464 g/mol. The van der Waals surface area contributed by atoms with E-state index in [4.69, 9.17) is 9.72 Å². The minimum absolute atomic E-state index is 0.154. The molecule has 1 heterocycles. The van der Waals surface area contributed by atoms with E-state index in [1.807, 2.05) is 54.6 Å². The molecule has 0 fully saturated rings. The van der Waals surface area contributed by atoms with Crippen LogP contribution in [0.15, 0.2) is 97.1 Å². The largest absolute Gasteiger partial charge is 0.493 e. The third-order valence-electron chi connectivity index (χ3n) is 5.55. The van der Waals surface area contributed by atoms with Crippen LogP contribution in [-0.2, 0) is 6.42 Å². The Hall–Kier alpha value is -3.96. The quantitative estimate of drug-likeness (QED) is 0.278. The summed E-state index contributed by atoms with van der Waals surface area (Å²) < 4.78 is 6.99. The molecule has 0 unspecified atom stereocenters. The molecule has 4 aromatic carbocycles. The van der Waals surface area contributed by atoms with Crippen LogP contribution in [0.25, 0.3) is 20.8 Å². The highest BCUT2D eigenvalue weighted by Crippen LogP contribution is 2.31. The smallest absolute Gasteiger partial charge is 0.255 e. The Morgan fingerprint density at radius 1 is 0.912 bits per heavy atom. The van der Waals surface area contributed by atoms with Gasteiger partial charge in [0, 0.05) is 23.2 Å². The fraction of sp³-hybridized carbons (Fsp3) is 0.103. The first-order valence-electron chi connectivity index (χ1n) is 11.2. The number of aromatic nitrogens is 1. The molecule has 1 amide bonds. The van der Waals surface area contributed by atoms with E-state index in [-0.39, 0.29) is 5.91 Å². The van der Waals surface area contributed by atoms with Gasteiger partial charge in [0.05, 0.1) is 16.8 Å². The molecule has 1 N–H and O–H groups in total. The number of nitrogens with one attached hydrogen (secondary N) is 1. The maximum absolute atomic E-state index is 12.7. The first-order chi connectivity index (χ1) is 16.6. The molecular formula is C29H24N2O2S. The van der Waals surface area contributed by atoms with Crippen LogP contribution in [0.4, 0.5) is 5.69 Å². The van der Waals surface area contributed by atoms with Crippen LogP contribution in [0, 0.1) is 6.92 Å². The number of rotatable bonds is 7. The predicted octanol–water partition coefficient (Wildman–Crippen LogP) is 7.15. The summed E-state index contributed by atoms with van der Waals surface area (Å²) in [6.45, 7) is 2.68. The number of fused-ring (bicyclic) bond motifs is 1. The van der Waals surface area contributed by atoms with Gasteiger partial charge in [-0.3, -0.25) is 4.79 Å². The van der Waals surface area contributed by atoms with Gasteiger partial charge in [0.1, 0.15) is 10.8 Å². The van der Waals surface area contributed by atoms with Crippen molar-refractivity contribution in [3.05, 3.63) is 114 Å². The lowest BCUT2D eigenvalue weighted by molar-refractivity contribution is 0.102. The highest BCUT2D eigenvalue weighted by molar-refractivity contribution is 7.21. The van der Waals surface area contributed by atoms with Gasteiger partial charge in [0.2, 0.25) is 0 Å². The summed E-state index contributed by atoms with van der Waals surface area (Å²) in [4.78, 5) is 17.4. The molecule has 0 saturated heterocycles. The summed E-state index contributed by atoms with van der Waals surface area (Å²) in [6, 6.07) is 31.5. The van der Waals surface area contributed by atoms with Gasteiger partial charge in [-0.25, -0.2) is 4.98 Å². The second-order valence-electron chi connectivity index (χ2n) is 8.13. The van der Waals surface area contributed by atoms with Crippen LogP contribution >= 0.6 is 11.3 Å². The van der Waals surface area contributed by atoms with Gasteiger partial charge < -0.3 is 10.1 Å². The van der Waals surface area contributed by atoms with E-state index in [0.717, 1.165) is 33.9 Å². The second kappa shape index (κ2) is 9.89. The van der Waals surface area contributed by atoms with E-state index < -0.39 is 0 Å². The average Bonchev–Trinajstić information content (AvgIpc) is 3.29. The van der Waals surface area contributed by atoms with Crippen molar-refractivity contribution in [2.75, 3.05) is 11.9 Å². The Labute approximate surface area is 202 Å². The molecule has 168 valence electrons. The topological polar surface area (TPSA) is 51.2 Å². The van der Waals surface area contributed by atoms with Crippen LogP contribution in [0.2, 0.25) is 0 Å². The lowest BCUT2D eigenvalue weighted by Gasteiger charge is -2.08. The lowest BCUT2D eigenvalue weighted by atomic mass is 10.1. The van der Waals surface area contributed by atoms with E-state index in [1.165, 1.54) is 15.8 Å². The van der Waals surface area contributed by atoms with Crippen molar-refractivity contribution >= 4 is 33.1 Å². The first-order valence-corrected chi connectivity index (χ1v) is 12.0. The number of anilines is 1. The summed E-state index contributed by atoms with van der Waals surface area (Å²) in [7, 11) is 0. The van der Waals surface area contributed by atoms with Gasteiger partial charge in [-0.2, -0.15) is 0 Å². The Bertz CT molecular complexity index is 1410. The zero-order chi connectivity index (χ0) is 23.3. The van der Waals surface area contributed by atoms with Crippen LogP contribution in [0.3, 0.4) is 0 Å². The van der Waals surface area contributed by atoms with Crippen molar-refractivity contribution in [1.82, 2.24) is 4.98 Å². The predicted molar refractivity (Wildman–Crippen MR) is 140 cm³/mol. The van der Waals surface area contributed by atoms with Crippen molar-refractivity contribution < 1.29 is 9.53 Å². The number of nitrogens with zero attached hydrogens (tertiary/aromatic N) is 1. The summed E-state index contributed by atoms with van der Waals surface area (Å²) in [5, 5.41) is 3.93. The number of thiazole rings is 1. The van der Waals surface area contributed by atoms with Gasteiger partial charge in [-0.05, 0) is 78.7 Å². The Morgan fingerprint density at radius 3 is 2.44 bits per heavy atom. The molecule has 5 rings (SSSR count). The van der Waals surface area contributed by atoms with Crippen molar-refractivity contribution in [2.24, 2.45) is 0 Å². The van der Waals surface area contributed by atoms with Gasteiger partial charge in [0.25, 0.3) is 5.91 Å². The molecule has 4 nitrogen and oxygen atoms in total. The third kappa shape index (κ3) is 5.16. The highest BCUT2D eigenvalue weighted by atomic mass is 32.1. The SMILES string of the molecule is Cc1ccc2nc(-c3ccc(NC(=O)c4ccc(OCCc5ccccc5)cc4)cc3)sc2c1. The number of ether oxygens (including phenoxy) is 1. The van der Waals surface area contributed by atoms with E-state index in [0.29, 0.717) is 12.2 Å². The Kier molecular flexibility index (Phi) is 6.36. The average molecular weight is 465 g/mol. The molecule has 0 aliphatic rings. The number of carbonyl (C=O) groups excluding carboxylic acids is 1. The van der Waals surface area contributed by atoms with Crippen molar-refractivity contribution in [3.63, 3.8) is 0 Å². The first kappa shape index (κ1) is 21.9. The summed E-state index contributed by atoms with van der Waals surface area (Å²) in [5.41, 5.74) is 5.84. The lowest BCUT2D eigenvalue weighted by Crippen LogP contribution is -2.11. The Balaban J connectivity index is 1.18. The maximum Gasteiger partial charge on any atom is 0.255 e. The zero-order valence-electron chi connectivity index (χ0n) is 18.8. The highest BCUT2D eigenvalue weighted by Gasteiger charge is 2.09.